The molecule has 2 aromatic heterocycles. The standard InChI is InChI=1S/C32H31N3O3S/c1-4-10-27-20-29-22(2)19-23(3)33-31(29)34(27)21-24-15-17-25(18-16-24)28-13-8-9-14-30(28)35(39(37)38)32(36)26-11-6-5-7-12-26/h5-9,11-20H,4,10,21H2,1-3H3,(H,37,38)/p-1. The molecule has 6 nitrogen and oxygen atoms in total. The zero-order valence-corrected chi connectivity index (χ0v) is 23.1. The summed E-state index contributed by atoms with van der Waals surface area (Å²) in [5.41, 5.74) is 7.68. The Balaban J connectivity index is 1.50. The van der Waals surface area contributed by atoms with Gasteiger partial charge in [0.1, 0.15) is 5.65 Å². The molecule has 2 heterocycles. The number of pyridine rings is 1. The van der Waals surface area contributed by atoms with E-state index in [1.54, 1.807) is 42.5 Å². The van der Waals surface area contributed by atoms with Crippen molar-refractivity contribution in [2.75, 3.05) is 4.31 Å². The monoisotopic (exact) mass is 536 g/mol. The molecule has 0 saturated carbocycles. The molecule has 0 bridgehead atoms. The quantitative estimate of drug-likeness (QED) is 0.205. The summed E-state index contributed by atoms with van der Waals surface area (Å²) >= 11 is -2.79. The van der Waals surface area contributed by atoms with Gasteiger partial charge in [0, 0.05) is 34.4 Å². The molecule has 0 saturated heterocycles. The van der Waals surface area contributed by atoms with Crippen molar-refractivity contribution in [2.45, 2.75) is 40.2 Å². The van der Waals surface area contributed by atoms with Gasteiger partial charge in [0.25, 0.3) is 5.91 Å². The lowest BCUT2D eigenvalue weighted by Gasteiger charge is -2.26. The predicted molar refractivity (Wildman–Crippen MR) is 156 cm³/mol. The molecule has 0 radical (unpaired) electrons. The number of carbonyl (C=O) groups is 1. The summed E-state index contributed by atoms with van der Waals surface area (Å²) in [6.07, 6.45) is 2.02. The highest BCUT2D eigenvalue weighted by Crippen LogP contribution is 2.33. The Kier molecular flexibility index (Phi) is 7.72. The maximum Gasteiger partial charge on any atom is 0.269 e. The number of aromatic nitrogens is 2. The van der Waals surface area contributed by atoms with Gasteiger partial charge in [-0.25, -0.2) is 9.29 Å². The van der Waals surface area contributed by atoms with E-state index in [9.17, 15) is 13.6 Å². The summed E-state index contributed by atoms with van der Waals surface area (Å²) in [5, 5.41) is 1.18. The normalized spacial score (nSPS) is 12.0. The Labute approximate surface area is 231 Å². The first-order valence-electron chi connectivity index (χ1n) is 13.0. The lowest BCUT2D eigenvalue weighted by atomic mass is 10.0. The first kappa shape index (κ1) is 26.5. The summed E-state index contributed by atoms with van der Waals surface area (Å²) in [4.78, 5) is 18.0. The van der Waals surface area contributed by atoms with Crippen LogP contribution in [0.15, 0.2) is 91.0 Å². The van der Waals surface area contributed by atoms with Crippen molar-refractivity contribution in [1.29, 1.82) is 0 Å². The van der Waals surface area contributed by atoms with E-state index in [4.69, 9.17) is 4.98 Å². The lowest BCUT2D eigenvalue weighted by molar-refractivity contribution is 0.100. The second kappa shape index (κ2) is 11.4. The van der Waals surface area contributed by atoms with Gasteiger partial charge < -0.3 is 9.12 Å². The Morgan fingerprint density at radius 1 is 0.949 bits per heavy atom. The highest BCUT2D eigenvalue weighted by atomic mass is 32.2. The molecule has 0 N–H and O–H groups in total. The summed E-state index contributed by atoms with van der Waals surface area (Å²) in [6.45, 7) is 7.01. The minimum absolute atomic E-state index is 0.299. The number of nitrogens with zero attached hydrogens (tertiary/aromatic N) is 3. The van der Waals surface area contributed by atoms with Crippen LogP contribution in [0.4, 0.5) is 5.69 Å². The van der Waals surface area contributed by atoms with Crippen LogP contribution in [0.5, 0.6) is 0 Å². The number of anilines is 1. The van der Waals surface area contributed by atoms with Gasteiger partial charge in [-0.05, 0) is 67.3 Å². The first-order chi connectivity index (χ1) is 18.9. The van der Waals surface area contributed by atoms with Gasteiger partial charge in [0.15, 0.2) is 0 Å². The van der Waals surface area contributed by atoms with E-state index in [0.29, 0.717) is 23.4 Å². The fourth-order valence-corrected chi connectivity index (χ4v) is 5.61. The fourth-order valence-electron chi connectivity index (χ4n) is 5.05. The molecule has 0 aliphatic rings. The van der Waals surface area contributed by atoms with Crippen LogP contribution in [0.1, 0.15) is 46.2 Å². The van der Waals surface area contributed by atoms with Crippen LogP contribution in [0.25, 0.3) is 22.2 Å². The predicted octanol–water partition coefficient (Wildman–Crippen LogP) is 6.76. The third-order valence-electron chi connectivity index (χ3n) is 6.88. The van der Waals surface area contributed by atoms with Gasteiger partial charge in [0.2, 0.25) is 0 Å². The molecule has 0 aliphatic carbocycles. The van der Waals surface area contributed by atoms with E-state index in [1.807, 2.05) is 43.3 Å². The number of hydrogen-bond donors (Lipinski definition) is 0. The van der Waals surface area contributed by atoms with Gasteiger partial charge in [-0.3, -0.25) is 9.00 Å². The largest absolute Gasteiger partial charge is 0.755 e. The second-order valence-electron chi connectivity index (χ2n) is 9.69. The topological polar surface area (TPSA) is 78.3 Å². The summed E-state index contributed by atoms with van der Waals surface area (Å²) in [5.74, 6) is -0.603. The SMILES string of the molecule is CCCc1cc2c(C)cc(C)nc2n1Cc1ccc(-c2ccccc2N(C(=O)c2ccccc2)S(=O)[O-])cc1. The highest BCUT2D eigenvalue weighted by molar-refractivity contribution is 7.81. The Hall–Kier alpha value is -4.07. The molecule has 39 heavy (non-hydrogen) atoms. The third kappa shape index (κ3) is 5.41. The van der Waals surface area contributed by atoms with Gasteiger partial charge in [0.05, 0.1) is 17.0 Å². The third-order valence-corrected chi connectivity index (χ3v) is 7.54. The Bertz CT molecular complexity index is 1660. The highest BCUT2D eigenvalue weighted by Gasteiger charge is 2.22. The summed E-state index contributed by atoms with van der Waals surface area (Å²) in [6, 6.07) is 27.9. The molecule has 1 unspecified atom stereocenters. The number of carbonyl (C=O) groups excluding carboxylic acids is 1. The van der Waals surface area contributed by atoms with Crippen molar-refractivity contribution in [1.82, 2.24) is 9.55 Å². The fraction of sp³-hybridized carbons (Fsp3) is 0.188. The average molecular weight is 537 g/mol. The van der Waals surface area contributed by atoms with Gasteiger partial charge in [-0.15, -0.1) is 0 Å². The van der Waals surface area contributed by atoms with Crippen LogP contribution in [0.3, 0.4) is 0 Å². The van der Waals surface area contributed by atoms with Crippen LogP contribution < -0.4 is 4.31 Å². The van der Waals surface area contributed by atoms with Gasteiger partial charge >= 0.3 is 0 Å². The molecule has 0 aliphatic heterocycles. The Morgan fingerprint density at radius 2 is 1.64 bits per heavy atom. The molecular formula is C32H30N3O3S-. The van der Waals surface area contributed by atoms with E-state index < -0.39 is 17.2 Å². The van der Waals surface area contributed by atoms with E-state index in [0.717, 1.165) is 39.6 Å². The van der Waals surface area contributed by atoms with Crippen LogP contribution in [0, 0.1) is 13.8 Å². The average Bonchev–Trinajstić information content (AvgIpc) is 3.27. The Morgan fingerprint density at radius 3 is 2.33 bits per heavy atom. The first-order valence-corrected chi connectivity index (χ1v) is 14.0. The van der Waals surface area contributed by atoms with Crippen molar-refractivity contribution in [3.63, 3.8) is 0 Å². The van der Waals surface area contributed by atoms with Crippen LogP contribution in [0.2, 0.25) is 0 Å². The number of amides is 1. The molecule has 5 aromatic rings. The molecule has 7 heteroatoms. The van der Waals surface area contributed by atoms with Crippen LogP contribution in [-0.4, -0.2) is 24.2 Å². The number of benzene rings is 3. The minimum Gasteiger partial charge on any atom is -0.755 e. The molecule has 3 aromatic carbocycles. The minimum atomic E-state index is -2.79. The maximum absolute atomic E-state index is 13.2. The molecule has 1 amide bonds. The molecular weight excluding hydrogens is 506 g/mol. The lowest BCUT2D eigenvalue weighted by Crippen LogP contribution is -2.33. The van der Waals surface area contributed by atoms with Crippen molar-refractivity contribution in [2.24, 2.45) is 0 Å². The van der Waals surface area contributed by atoms with Gasteiger partial charge in [-0.2, -0.15) is 0 Å². The number of para-hydroxylation sites is 1. The zero-order valence-electron chi connectivity index (χ0n) is 22.3. The molecule has 198 valence electrons. The van der Waals surface area contributed by atoms with Crippen molar-refractivity contribution >= 4 is 33.9 Å². The zero-order chi connectivity index (χ0) is 27.5. The van der Waals surface area contributed by atoms with Crippen LogP contribution in [-0.2, 0) is 24.2 Å². The summed E-state index contributed by atoms with van der Waals surface area (Å²) in [7, 11) is 0. The number of hydrogen-bond acceptors (Lipinski definition) is 4. The van der Waals surface area contributed by atoms with Crippen LogP contribution >= 0.6 is 0 Å². The maximum atomic E-state index is 13.2. The van der Waals surface area contributed by atoms with Crippen molar-refractivity contribution in [3.05, 3.63) is 119 Å². The number of fused-ring (bicyclic) bond motifs is 1. The second-order valence-corrected chi connectivity index (χ2v) is 10.5. The van der Waals surface area contributed by atoms with E-state index >= 15 is 0 Å². The van der Waals surface area contributed by atoms with Crippen molar-refractivity contribution in [3.8, 4) is 11.1 Å². The summed E-state index contributed by atoms with van der Waals surface area (Å²) < 4.78 is 27.6. The number of rotatable bonds is 8. The van der Waals surface area contributed by atoms with Crippen molar-refractivity contribution < 1.29 is 13.6 Å². The van der Waals surface area contributed by atoms with E-state index in [2.05, 4.69) is 30.5 Å². The van der Waals surface area contributed by atoms with E-state index in [1.165, 1.54) is 16.6 Å². The van der Waals surface area contributed by atoms with Gasteiger partial charge in [-0.1, -0.05) is 74.0 Å². The smallest absolute Gasteiger partial charge is 0.269 e. The number of aryl methyl sites for hydroxylation is 3. The molecule has 0 fully saturated rings. The molecule has 1 atom stereocenters. The molecule has 5 rings (SSSR count). The van der Waals surface area contributed by atoms with E-state index in [-0.39, 0.29) is 0 Å². The molecule has 0 spiro atoms.